The van der Waals surface area contributed by atoms with Crippen LogP contribution in [0.5, 0.6) is 0 Å². The maximum absolute atomic E-state index is 14.5. The number of hydrogen-bond acceptors (Lipinski definition) is 2. The molecule has 0 bridgehead atoms. The Bertz CT molecular complexity index is 703. The van der Waals surface area contributed by atoms with Crippen molar-refractivity contribution < 1.29 is 13.7 Å². The van der Waals surface area contributed by atoms with Crippen LogP contribution in [-0.2, 0) is 14.6 Å². The van der Waals surface area contributed by atoms with Crippen LogP contribution in [0.25, 0.3) is 0 Å². The van der Waals surface area contributed by atoms with Crippen LogP contribution in [0.4, 0.5) is 4.39 Å². The fourth-order valence-corrected chi connectivity index (χ4v) is 4.62. The van der Waals surface area contributed by atoms with E-state index in [1.54, 1.807) is 6.07 Å². The molecular weight excluding hydrogens is 369 g/mol. The van der Waals surface area contributed by atoms with Gasteiger partial charge in [-0.1, -0.05) is 0 Å². The van der Waals surface area contributed by atoms with Crippen LogP contribution in [0.15, 0.2) is 48.5 Å². The van der Waals surface area contributed by atoms with Gasteiger partial charge in [0, 0.05) is 0 Å². The molecule has 3 rings (SSSR count). The van der Waals surface area contributed by atoms with E-state index in [2.05, 4.69) is 12.1 Å². The molecule has 1 aliphatic rings. The summed E-state index contributed by atoms with van der Waals surface area (Å²) in [5.41, 5.74) is 0.670. The Morgan fingerprint density at radius 1 is 0.917 bits per heavy atom. The summed E-state index contributed by atoms with van der Waals surface area (Å²) in [6.45, 7) is 8.06. The second-order valence-electron chi connectivity index (χ2n) is 7.00. The number of benzene rings is 2. The van der Waals surface area contributed by atoms with Crippen LogP contribution >= 0.6 is 0 Å². The molecule has 0 amide bonds. The molecule has 2 aromatic rings. The molecule has 0 unspecified atom stereocenters. The van der Waals surface area contributed by atoms with Crippen molar-refractivity contribution in [3.63, 3.8) is 0 Å². The van der Waals surface area contributed by atoms with E-state index in [-0.39, 0.29) is 20.8 Å². The fraction of sp³-hybridized carbons (Fsp3) is 0.368. The van der Waals surface area contributed by atoms with Crippen LogP contribution < -0.4 is 9.92 Å². The second-order valence-corrected chi connectivity index (χ2v) is 9.20. The van der Waals surface area contributed by atoms with E-state index in [1.165, 1.54) is 10.5 Å². The molecule has 0 aromatic heterocycles. The molecule has 2 aromatic carbocycles. The number of halogens is 1. The Labute approximate surface area is 150 Å². The Hall–Kier alpha value is -1.13. The molecule has 0 atom stereocenters. The first-order chi connectivity index (χ1) is 11.3. The molecule has 126 valence electrons. The van der Waals surface area contributed by atoms with Crippen molar-refractivity contribution in [3.05, 3.63) is 59.9 Å². The molecule has 1 saturated heterocycles. The van der Waals surface area contributed by atoms with Crippen molar-refractivity contribution in [1.82, 2.24) is 0 Å². The molecular formula is C19H22BFO2Se. The molecule has 2 nitrogen and oxygen atoms in total. The minimum atomic E-state index is -0.521. The van der Waals surface area contributed by atoms with E-state index in [0.717, 1.165) is 5.46 Å². The number of rotatable bonds is 4. The Morgan fingerprint density at radius 3 is 2.17 bits per heavy atom. The average molecular weight is 391 g/mol. The summed E-state index contributed by atoms with van der Waals surface area (Å²) in [5, 5.41) is 0.684. The third kappa shape index (κ3) is 3.45. The van der Waals surface area contributed by atoms with Gasteiger partial charge in [-0.2, -0.15) is 0 Å². The van der Waals surface area contributed by atoms with Gasteiger partial charge in [0.1, 0.15) is 0 Å². The van der Waals surface area contributed by atoms with Crippen LogP contribution in [0, 0.1) is 5.82 Å². The number of hydrogen-bond donors (Lipinski definition) is 0. The van der Waals surface area contributed by atoms with Gasteiger partial charge >= 0.3 is 150 Å². The van der Waals surface area contributed by atoms with Crippen LogP contribution in [0.2, 0.25) is 0 Å². The zero-order chi connectivity index (χ0) is 17.4. The maximum atomic E-state index is 14.5. The van der Waals surface area contributed by atoms with Crippen LogP contribution in [-0.4, -0.2) is 33.3 Å². The van der Waals surface area contributed by atoms with E-state index >= 15 is 0 Å². The minimum absolute atomic E-state index is 0.168. The summed E-state index contributed by atoms with van der Waals surface area (Å²) in [4.78, 5) is 0. The monoisotopic (exact) mass is 392 g/mol. The molecule has 0 radical (unpaired) electrons. The van der Waals surface area contributed by atoms with Crippen LogP contribution in [0.3, 0.4) is 0 Å². The topological polar surface area (TPSA) is 18.5 Å². The molecule has 5 heteroatoms. The van der Waals surface area contributed by atoms with Crippen molar-refractivity contribution in [2.45, 2.75) is 44.2 Å². The Morgan fingerprint density at radius 2 is 1.54 bits per heavy atom. The van der Waals surface area contributed by atoms with E-state index < -0.39 is 18.3 Å². The van der Waals surface area contributed by atoms with Gasteiger partial charge in [0.05, 0.1) is 0 Å². The van der Waals surface area contributed by atoms with Crippen molar-refractivity contribution in [1.29, 1.82) is 0 Å². The van der Waals surface area contributed by atoms with Gasteiger partial charge in [-0.3, -0.25) is 0 Å². The molecule has 1 fully saturated rings. The Balaban J connectivity index is 1.86. The summed E-state index contributed by atoms with van der Waals surface area (Å²) in [6.07, 6.45) is 0. The third-order valence-electron chi connectivity index (χ3n) is 4.79. The van der Waals surface area contributed by atoms with Crippen molar-refractivity contribution in [2.75, 3.05) is 0 Å². The first-order valence-corrected chi connectivity index (χ1v) is 10.2. The van der Waals surface area contributed by atoms with Crippen LogP contribution in [0.1, 0.15) is 33.3 Å². The van der Waals surface area contributed by atoms with Crippen molar-refractivity contribution >= 4 is 32.0 Å². The fourth-order valence-electron chi connectivity index (χ4n) is 2.59. The average Bonchev–Trinajstić information content (AvgIpc) is 2.75. The molecule has 1 aliphatic heterocycles. The van der Waals surface area contributed by atoms with E-state index in [0.29, 0.717) is 10.9 Å². The Kier molecular flexibility index (Phi) is 4.90. The van der Waals surface area contributed by atoms with Gasteiger partial charge in [-0.25, -0.2) is 0 Å². The van der Waals surface area contributed by atoms with E-state index in [9.17, 15) is 4.39 Å². The van der Waals surface area contributed by atoms with Gasteiger partial charge in [-0.05, 0) is 0 Å². The molecule has 1 heterocycles. The van der Waals surface area contributed by atoms with Gasteiger partial charge < -0.3 is 0 Å². The van der Waals surface area contributed by atoms with E-state index in [4.69, 9.17) is 9.31 Å². The standard InChI is InChI=1S/C19H22BFO2Se/c1-18(2)19(3,4)23-20(22-18)16-11-8-12-17(21)15(16)13-24-14-9-6-5-7-10-14/h5-12H,13H2,1-4H3. The molecule has 24 heavy (non-hydrogen) atoms. The third-order valence-corrected chi connectivity index (χ3v) is 6.97. The van der Waals surface area contributed by atoms with Crippen molar-refractivity contribution in [3.8, 4) is 0 Å². The zero-order valence-corrected chi connectivity index (χ0v) is 16.2. The molecule has 0 N–H and O–H groups in total. The molecule has 0 aliphatic carbocycles. The normalized spacial score (nSPS) is 18.8. The SMILES string of the molecule is CC1(C)OB(c2cccc(F)c2C[Se]c2ccccc2)OC1(C)C. The predicted octanol–water partition coefficient (Wildman–Crippen LogP) is 2.65. The van der Waals surface area contributed by atoms with Gasteiger partial charge in [-0.15, -0.1) is 0 Å². The van der Waals surface area contributed by atoms with Gasteiger partial charge in [0.2, 0.25) is 0 Å². The zero-order valence-electron chi connectivity index (χ0n) is 14.5. The van der Waals surface area contributed by atoms with Gasteiger partial charge in [0.25, 0.3) is 0 Å². The molecule has 0 saturated carbocycles. The summed E-state index contributed by atoms with van der Waals surface area (Å²) in [6, 6.07) is 15.4. The van der Waals surface area contributed by atoms with Crippen molar-refractivity contribution in [2.24, 2.45) is 0 Å². The summed E-state index contributed by atoms with van der Waals surface area (Å²) >= 11 is 0.168. The predicted molar refractivity (Wildman–Crippen MR) is 97.7 cm³/mol. The first-order valence-electron chi connectivity index (χ1n) is 8.11. The summed E-state index contributed by atoms with van der Waals surface area (Å²) in [7, 11) is -0.521. The quantitative estimate of drug-likeness (QED) is 0.747. The summed E-state index contributed by atoms with van der Waals surface area (Å²) < 4.78 is 28.0. The molecule has 0 spiro atoms. The van der Waals surface area contributed by atoms with E-state index in [1.807, 2.05) is 52.0 Å². The second kappa shape index (κ2) is 6.64. The van der Waals surface area contributed by atoms with Gasteiger partial charge in [0.15, 0.2) is 0 Å². The first kappa shape index (κ1) is 17.7. The summed E-state index contributed by atoms with van der Waals surface area (Å²) in [5.74, 6) is -0.181.